The third kappa shape index (κ3) is 60.7. The van der Waals surface area contributed by atoms with Gasteiger partial charge in [0.05, 0.1) is 68.3 Å². The SMILES string of the molecule is C#CCCC[C@H](NC)C(=O)NC.CC.CC.CC.CC(N)=O.CN.CN.CNC(=O)[C@H](CCCc1cnnn1C)NC.CNCCCC[C@H](CC(=C(C)C)[C@@H](N)Cc1ccc(O)cc1)C(=O)C[C@@H](CO)C(N)=O.CNCCCC[C@H](NCC(=O)[C@@H](N)Cc1ccc(O)cc1)C(=O)CN[C@@H](CO)C(N)=O.[Cu]. The number of aliphatic hydroxyl groups is 2. The number of phenols is 2. The maximum Gasteiger partial charge on any atom is 0.236 e. The summed E-state index contributed by atoms with van der Waals surface area (Å²) in [5, 5.41) is 68.0. The standard InChI is InChI=1S/C24H39N3O4.C21H35N5O5.C10H19N5O.C9H16N2O.C2H5NO.3C2H6.2CH5N.Cu/c1-16(2)21(22(25)12-17-7-9-20(29)10-8-17)13-18(6-4-5-11-27-3)23(30)14-19(15-28)24(26)31;1-24-9-3-2-4-17(20(30)12-26-18(13-27)21(23)31)25-11-19(29)16(22)10-14-5-7-15(28)8-6-14;1-11-9(10(16)12-2)6-4-5-8-7-13-14-15(8)3;1-4-5-6-7-8(10-2)9(12)11-3;1-2(3)4;5*1-2;/h7-10,18-19,22,27-29H,4-6,11-15,25H2,1-3H3,(H2,26,31);5-8,16-18,24-28H,2-4,9-13,22H2,1H3,(H2,23,31);7,9,11H,4-6H2,1-3H3,(H,12,16);1,8,10H,5-7H2,2-3H3,(H,11,12);1H3,(H2,3,4);3*1-2H3;2*2H2,1H3;/t18-,19+,22+;16-,17-,18-;9-;8-;;;;;;;/m1000......./s1. The van der Waals surface area contributed by atoms with Gasteiger partial charge in [-0.3, -0.25) is 48.4 Å². The first kappa shape index (κ1) is 114. The molecule has 1 heterocycles. The Morgan fingerprint density at radius 3 is 1.33 bits per heavy atom. The molecule has 0 spiro atoms. The van der Waals surface area contributed by atoms with Crippen LogP contribution in [0.5, 0.6) is 11.5 Å². The number of terminal acetylenes is 1. The number of Topliss-reactive ketones (excluding diaryl/α,β-unsaturated/α-hetero) is 3. The van der Waals surface area contributed by atoms with E-state index in [1.54, 1.807) is 63.3 Å². The average molecular weight is 1540 g/mol. The zero-order valence-corrected chi connectivity index (χ0v) is 67.6. The van der Waals surface area contributed by atoms with Gasteiger partial charge in [0.2, 0.25) is 29.5 Å². The first-order chi connectivity index (χ1) is 49.6. The van der Waals surface area contributed by atoms with Gasteiger partial charge in [0.1, 0.15) is 23.3 Å². The molecule has 31 heteroatoms. The molecule has 1 radical (unpaired) electrons. The predicted molar refractivity (Wildman–Crippen MR) is 420 cm³/mol. The van der Waals surface area contributed by atoms with Gasteiger partial charge in [0.15, 0.2) is 11.6 Å². The van der Waals surface area contributed by atoms with E-state index in [0.29, 0.717) is 32.1 Å². The molecule has 26 N–H and O–H groups in total. The van der Waals surface area contributed by atoms with E-state index in [1.807, 2.05) is 88.7 Å². The number of hydrogen-bond acceptors (Lipinski definition) is 24. The number of hydrogen-bond donors (Lipinski definition) is 19. The number of nitrogens with two attached hydrogens (primary N) is 7. The number of nitrogens with one attached hydrogen (secondary N) is 8. The van der Waals surface area contributed by atoms with Crippen LogP contribution in [0.1, 0.15) is 163 Å². The molecule has 0 unspecified atom stereocenters. The first-order valence-electron chi connectivity index (χ1n) is 36.0. The van der Waals surface area contributed by atoms with E-state index in [-0.39, 0.29) is 107 Å². The van der Waals surface area contributed by atoms with Gasteiger partial charge < -0.3 is 97.8 Å². The second-order valence-corrected chi connectivity index (χ2v) is 22.8. The van der Waals surface area contributed by atoms with Crippen LogP contribution in [0.25, 0.3) is 0 Å². The van der Waals surface area contributed by atoms with Gasteiger partial charge in [-0.25, -0.2) is 0 Å². The summed E-state index contributed by atoms with van der Waals surface area (Å²) in [7, 11) is 15.5. The molecule has 0 bridgehead atoms. The van der Waals surface area contributed by atoms with E-state index in [4.69, 9.17) is 34.5 Å². The molecule has 0 saturated heterocycles. The van der Waals surface area contributed by atoms with Gasteiger partial charge in [-0.15, -0.1) is 17.4 Å². The van der Waals surface area contributed by atoms with Crippen LogP contribution in [-0.4, -0.2) is 214 Å². The third-order valence-electron chi connectivity index (χ3n) is 15.0. The molecule has 5 amide bonds. The van der Waals surface area contributed by atoms with Crippen LogP contribution >= 0.6 is 0 Å². The average Bonchev–Trinajstić information content (AvgIpc) is 1.49. The number of rotatable bonds is 43. The molecule has 30 nitrogen and oxygen atoms in total. The van der Waals surface area contributed by atoms with E-state index in [9.17, 15) is 53.7 Å². The van der Waals surface area contributed by atoms with Crippen molar-refractivity contribution < 1.29 is 75.9 Å². The molecule has 0 saturated carbocycles. The molecule has 105 heavy (non-hydrogen) atoms. The second-order valence-electron chi connectivity index (χ2n) is 22.8. The number of allylic oxidation sites excluding steroid dienone is 1. The number of aryl methyl sites for hydroxylation is 2. The third-order valence-corrected chi connectivity index (χ3v) is 15.0. The number of carbonyl (C=O) groups is 8. The number of amides is 5. The predicted octanol–water partition coefficient (Wildman–Crippen LogP) is 1.54. The number of aromatic nitrogens is 3. The number of nitrogens with zero attached hydrogens (tertiary/aromatic N) is 3. The Kier molecular flexibility index (Phi) is 84.4. The van der Waals surface area contributed by atoms with Gasteiger partial charge >= 0.3 is 0 Å². The summed E-state index contributed by atoms with van der Waals surface area (Å²) < 4.78 is 1.76. The Hall–Kier alpha value is -7.12. The molecular formula is C74H142CuN18O12. The maximum atomic E-state index is 13.0. The smallest absolute Gasteiger partial charge is 0.236 e. The zero-order chi connectivity index (χ0) is 81.6. The van der Waals surface area contributed by atoms with Crippen molar-refractivity contribution in [3.05, 3.63) is 82.7 Å². The molecular weight excluding hydrogens is 1400 g/mol. The fraction of sp³-hybridized carbons (Fsp3) is 0.649. The molecule has 0 aliphatic rings. The Labute approximate surface area is 639 Å². The van der Waals surface area contributed by atoms with Gasteiger partial charge in [0, 0.05) is 69.9 Å². The van der Waals surface area contributed by atoms with Gasteiger partial charge in [-0.2, -0.15) is 0 Å². The quantitative estimate of drug-likeness (QED) is 0.0165. The molecule has 8 atom stereocenters. The molecule has 0 fully saturated rings. The van der Waals surface area contributed by atoms with Crippen LogP contribution < -0.4 is 82.7 Å². The number of ketones is 3. The zero-order valence-electron chi connectivity index (χ0n) is 66.7. The molecule has 3 rings (SSSR count). The van der Waals surface area contributed by atoms with Crippen molar-refractivity contribution in [2.24, 2.45) is 59.0 Å². The molecule has 0 aliphatic carbocycles. The van der Waals surface area contributed by atoms with E-state index >= 15 is 0 Å². The fourth-order valence-corrected chi connectivity index (χ4v) is 9.31. The van der Waals surface area contributed by atoms with Crippen LogP contribution in [0, 0.1) is 24.2 Å². The Morgan fingerprint density at radius 1 is 0.543 bits per heavy atom. The molecule has 2 aromatic carbocycles. The second kappa shape index (κ2) is 78.0. The van der Waals surface area contributed by atoms with Crippen molar-refractivity contribution in [1.29, 1.82) is 0 Å². The summed E-state index contributed by atoms with van der Waals surface area (Å²) in [4.78, 5) is 92.5. The van der Waals surface area contributed by atoms with Gasteiger partial charge in [-0.1, -0.05) is 95.0 Å². The Balaban J connectivity index is -0.000000196. The summed E-state index contributed by atoms with van der Waals surface area (Å²) in [5.74, 6) is -0.447. The van der Waals surface area contributed by atoms with Crippen molar-refractivity contribution in [3.8, 4) is 23.8 Å². The largest absolute Gasteiger partial charge is 0.508 e. The van der Waals surface area contributed by atoms with Crippen molar-refractivity contribution in [1.82, 2.24) is 57.5 Å². The summed E-state index contributed by atoms with van der Waals surface area (Å²) in [6.45, 7) is 17.8. The number of aliphatic hydroxyl groups excluding tert-OH is 2. The summed E-state index contributed by atoms with van der Waals surface area (Å²) in [6, 6.07) is 10.6. The van der Waals surface area contributed by atoms with Gasteiger partial charge in [0.25, 0.3) is 0 Å². The Bertz CT molecular complexity index is 2720. The minimum Gasteiger partial charge on any atom is -0.508 e. The number of unbranched alkanes of at least 4 members (excludes halogenated alkanes) is 3. The number of benzene rings is 2. The van der Waals surface area contributed by atoms with Crippen molar-refractivity contribution in [2.75, 3.05) is 95.8 Å². The molecule has 1 aromatic heterocycles. The van der Waals surface area contributed by atoms with E-state index < -0.39 is 49.1 Å². The van der Waals surface area contributed by atoms with Crippen molar-refractivity contribution >= 4 is 46.9 Å². The maximum absolute atomic E-state index is 13.0. The first-order valence-corrected chi connectivity index (χ1v) is 36.0. The molecule has 0 aliphatic heterocycles. The minimum atomic E-state index is -1.01. The number of likely N-dealkylation sites (N-methyl/N-ethyl adjacent to an activating group) is 4. The van der Waals surface area contributed by atoms with Crippen LogP contribution in [-0.2, 0) is 81.7 Å². The minimum absolute atomic E-state index is 0. The molecule has 611 valence electrons. The van der Waals surface area contributed by atoms with E-state index in [1.165, 1.54) is 33.2 Å². The summed E-state index contributed by atoms with van der Waals surface area (Å²) in [5.41, 5.74) is 41.5. The topological polar surface area (TPSA) is 527 Å². The number of carbonyl (C=O) groups excluding carboxylic acids is 8. The number of primary amides is 3. The van der Waals surface area contributed by atoms with Crippen molar-refractivity contribution in [2.45, 2.75) is 201 Å². The van der Waals surface area contributed by atoms with Crippen molar-refractivity contribution in [3.63, 3.8) is 0 Å². The van der Waals surface area contributed by atoms with E-state index in [0.717, 1.165) is 105 Å². The normalized spacial score (nSPS) is 12.0. The summed E-state index contributed by atoms with van der Waals surface area (Å²) >= 11 is 0. The van der Waals surface area contributed by atoms with Crippen LogP contribution in [0.3, 0.4) is 0 Å². The Morgan fingerprint density at radius 2 is 0.962 bits per heavy atom. The monoisotopic (exact) mass is 1540 g/mol. The fourth-order valence-electron chi connectivity index (χ4n) is 9.31. The number of phenolic OH excluding ortho intramolecular Hbond substituents is 2. The van der Waals surface area contributed by atoms with Crippen LogP contribution in [0.2, 0.25) is 0 Å². The van der Waals surface area contributed by atoms with E-state index in [2.05, 4.69) is 76.0 Å². The molecule has 3 aromatic rings. The summed E-state index contributed by atoms with van der Waals surface area (Å²) in [6.07, 6.45) is 17.9. The van der Waals surface area contributed by atoms with Crippen LogP contribution in [0.15, 0.2) is 65.9 Å². The van der Waals surface area contributed by atoms with Crippen LogP contribution in [0.4, 0.5) is 0 Å². The van der Waals surface area contributed by atoms with Gasteiger partial charge in [-0.05, 0) is 182 Å². The number of aromatic hydroxyl groups is 2.